The highest BCUT2D eigenvalue weighted by molar-refractivity contribution is 6.28. The molecule has 0 spiro atoms. The number of nitrogens with one attached hydrogen (secondary N) is 1. The lowest BCUT2D eigenvalue weighted by Gasteiger charge is -2.34. The number of aryl methyl sites for hydroxylation is 2. The Hall–Kier alpha value is -5.09. The largest absolute Gasteiger partial charge is 0.493 e. The van der Waals surface area contributed by atoms with Gasteiger partial charge in [0.2, 0.25) is 11.6 Å². The molecule has 12 heteroatoms. The highest BCUT2D eigenvalue weighted by Gasteiger charge is 2.69. The lowest BCUT2D eigenvalue weighted by Crippen LogP contribution is -2.71. The number of ketones is 2. The molecule has 0 bridgehead atoms. The van der Waals surface area contributed by atoms with Crippen molar-refractivity contribution < 1.29 is 49.1 Å². The van der Waals surface area contributed by atoms with Gasteiger partial charge in [-0.15, -0.1) is 0 Å². The van der Waals surface area contributed by atoms with E-state index in [-0.39, 0.29) is 17.0 Å². The highest BCUT2D eigenvalue weighted by Crippen LogP contribution is 2.40. The number of hydrogen-bond acceptors (Lipinski definition) is 10. The third-order valence-corrected chi connectivity index (χ3v) is 8.51. The zero-order valence-electron chi connectivity index (χ0n) is 28.7. The third-order valence-electron chi connectivity index (χ3n) is 8.51. The van der Waals surface area contributed by atoms with E-state index in [1.807, 2.05) is 25.2 Å². The molecule has 3 rings (SSSR count). The number of methoxy groups -OCH3 is 2. The Bertz CT molecular complexity index is 1600. The van der Waals surface area contributed by atoms with Crippen LogP contribution in [0.1, 0.15) is 64.1 Å². The number of aliphatic carboxylic acids is 2. The van der Waals surface area contributed by atoms with Gasteiger partial charge in [0.15, 0.2) is 11.5 Å². The maximum atomic E-state index is 12.8. The minimum absolute atomic E-state index is 0.220. The zero-order chi connectivity index (χ0) is 37.2. The molecular weight excluding hydrogens is 632 g/mol. The normalized spacial score (nSPS) is 14.5. The number of hydrogen-bond donors (Lipinski definition) is 5. The van der Waals surface area contributed by atoms with Crippen molar-refractivity contribution in [1.29, 1.82) is 5.26 Å². The Morgan fingerprint density at radius 1 is 0.776 bits per heavy atom. The zero-order valence-corrected chi connectivity index (χ0v) is 28.7. The molecule has 0 radical (unpaired) electrons. The van der Waals surface area contributed by atoms with Crippen molar-refractivity contribution in [1.82, 2.24) is 5.32 Å². The van der Waals surface area contributed by atoms with Crippen molar-refractivity contribution >= 4 is 23.5 Å². The molecule has 0 aromatic heterocycles. The van der Waals surface area contributed by atoms with Crippen LogP contribution in [0, 0.1) is 31.1 Å². The Balaban J connectivity index is 0.000000355. The van der Waals surface area contributed by atoms with Gasteiger partial charge in [0.1, 0.15) is 0 Å². The molecule has 0 aliphatic carbocycles. The van der Waals surface area contributed by atoms with Crippen LogP contribution in [-0.4, -0.2) is 82.9 Å². The molecule has 0 saturated heterocycles. The molecule has 0 aliphatic heterocycles. The van der Waals surface area contributed by atoms with Gasteiger partial charge in [-0.3, -0.25) is 9.59 Å². The fourth-order valence-electron chi connectivity index (χ4n) is 5.33. The molecule has 0 amide bonds. The molecule has 12 nitrogen and oxygen atoms in total. The number of nitriles is 1. The Kier molecular flexibility index (Phi) is 13.8. The second-order valence-electron chi connectivity index (χ2n) is 11.9. The molecule has 49 heavy (non-hydrogen) atoms. The van der Waals surface area contributed by atoms with Gasteiger partial charge in [-0.05, 0) is 63.9 Å². The number of rotatable bonds is 15. The summed E-state index contributed by atoms with van der Waals surface area (Å²) in [5.74, 6) is -6.43. The van der Waals surface area contributed by atoms with E-state index in [2.05, 4.69) is 25.2 Å². The van der Waals surface area contributed by atoms with E-state index in [1.54, 1.807) is 28.1 Å². The Labute approximate surface area is 285 Å². The predicted molar refractivity (Wildman–Crippen MR) is 181 cm³/mol. The van der Waals surface area contributed by atoms with Crippen LogP contribution in [0.3, 0.4) is 0 Å². The summed E-state index contributed by atoms with van der Waals surface area (Å²) in [6.45, 7) is 8.47. The van der Waals surface area contributed by atoms with Crippen molar-refractivity contribution in [2.75, 3.05) is 27.8 Å². The molecule has 262 valence electrons. The van der Waals surface area contributed by atoms with Gasteiger partial charge in [-0.25, -0.2) is 9.59 Å². The number of Topliss-reactive ketones (excluding diaryl/α,β-unsaturated/α-hetero) is 2. The summed E-state index contributed by atoms with van der Waals surface area (Å²) >= 11 is 0. The van der Waals surface area contributed by atoms with Crippen molar-refractivity contribution in [3.8, 4) is 17.6 Å². The van der Waals surface area contributed by atoms with Crippen LogP contribution in [0.25, 0.3) is 0 Å². The van der Waals surface area contributed by atoms with Crippen LogP contribution in [-0.2, 0) is 15.0 Å². The number of ether oxygens (including phenoxy) is 2. The molecule has 3 atom stereocenters. The van der Waals surface area contributed by atoms with Crippen molar-refractivity contribution in [2.24, 2.45) is 5.92 Å². The van der Waals surface area contributed by atoms with Gasteiger partial charge in [-0.2, -0.15) is 5.26 Å². The predicted octanol–water partition coefficient (Wildman–Crippen LogP) is 4.12. The van der Waals surface area contributed by atoms with Gasteiger partial charge in [0.05, 0.1) is 25.7 Å². The van der Waals surface area contributed by atoms with Crippen LogP contribution >= 0.6 is 0 Å². The number of carboxylic acids is 2. The van der Waals surface area contributed by atoms with Gasteiger partial charge < -0.3 is 35.2 Å². The number of carboxylic acid groups (broad SMARTS) is 2. The average molecular weight is 677 g/mol. The molecule has 5 N–H and O–H groups in total. The first-order valence-electron chi connectivity index (χ1n) is 15.4. The van der Waals surface area contributed by atoms with Crippen LogP contribution in [0.15, 0.2) is 66.7 Å². The van der Waals surface area contributed by atoms with E-state index >= 15 is 0 Å². The van der Waals surface area contributed by atoms with Gasteiger partial charge >= 0.3 is 11.9 Å². The molecule has 0 saturated carbocycles. The fraction of sp³-hybridized carbons (Fsp3) is 0.378. The maximum absolute atomic E-state index is 12.8. The quantitative estimate of drug-likeness (QED) is 0.0877. The molecule has 0 heterocycles. The number of carbonyl (C=O) groups excluding carboxylic acids is 2. The first-order chi connectivity index (χ1) is 23.0. The molecule has 0 aliphatic rings. The summed E-state index contributed by atoms with van der Waals surface area (Å²) in [4.78, 5) is 49.1. The van der Waals surface area contributed by atoms with E-state index in [1.165, 1.54) is 24.3 Å². The van der Waals surface area contributed by atoms with E-state index in [4.69, 9.17) is 9.47 Å². The van der Waals surface area contributed by atoms with Crippen LogP contribution in [0.5, 0.6) is 11.5 Å². The SMILES string of the molecule is CNCCC[C@](C#N)(c1ccc(OC)c(OC)c1)C(C)C.Cc1ccc(C(=O)[C@](O)(C(=O)O)[C@@](O)(C(=O)O)C(=O)c2ccc(C)cc2)cc1. The third kappa shape index (κ3) is 8.14. The molecule has 0 fully saturated rings. The van der Waals surface area contributed by atoms with Crippen LogP contribution in [0.2, 0.25) is 0 Å². The second kappa shape index (κ2) is 16.8. The van der Waals surface area contributed by atoms with Crippen LogP contribution in [0.4, 0.5) is 0 Å². The molecular formula is C37H44N2O10. The molecule has 0 unspecified atom stereocenters. The van der Waals surface area contributed by atoms with Crippen LogP contribution < -0.4 is 14.8 Å². The Morgan fingerprint density at radius 3 is 1.53 bits per heavy atom. The maximum Gasteiger partial charge on any atom is 0.348 e. The standard InChI is InChI=1S/C20H18O8.C17H26N2O2/c1-11-3-7-13(8-4-11)15(21)19(27,17(23)24)20(28,18(25)26)16(22)14-9-5-12(2)6-10-14;1-13(2)17(12-18,9-6-10-19-3)14-7-8-15(20-4)16(11-14)21-5/h3-10,27-28H,1-2H3,(H,23,24)(H,25,26);7-8,11,13,19H,6,9-10H2,1-5H3/t19-,20-;17-/m01/s1. The lowest BCUT2D eigenvalue weighted by atomic mass is 9.70. The number of nitrogens with zero attached hydrogens (tertiary/aromatic N) is 1. The van der Waals surface area contributed by atoms with Crippen molar-refractivity contribution in [2.45, 2.75) is 57.2 Å². The number of benzene rings is 3. The number of aliphatic hydroxyl groups is 2. The van der Waals surface area contributed by atoms with Crippen molar-refractivity contribution in [3.63, 3.8) is 0 Å². The first kappa shape index (κ1) is 40.1. The van der Waals surface area contributed by atoms with E-state index in [9.17, 15) is 44.9 Å². The monoisotopic (exact) mass is 676 g/mol. The summed E-state index contributed by atoms with van der Waals surface area (Å²) in [7, 11) is 5.16. The summed E-state index contributed by atoms with van der Waals surface area (Å²) < 4.78 is 10.7. The topological polar surface area (TPSA) is 203 Å². The average Bonchev–Trinajstić information content (AvgIpc) is 3.09. The van der Waals surface area contributed by atoms with Gasteiger partial charge in [0, 0.05) is 11.1 Å². The van der Waals surface area contributed by atoms with Crippen molar-refractivity contribution in [3.05, 3.63) is 94.5 Å². The summed E-state index contributed by atoms with van der Waals surface area (Å²) in [6.07, 6.45) is 1.77. The summed E-state index contributed by atoms with van der Waals surface area (Å²) in [5.41, 5.74) is -6.78. The lowest BCUT2D eigenvalue weighted by molar-refractivity contribution is -0.187. The highest BCUT2D eigenvalue weighted by atomic mass is 16.5. The minimum atomic E-state index is -3.96. The molecule has 3 aromatic rings. The van der Waals surface area contributed by atoms with Gasteiger partial charge in [0.25, 0.3) is 11.2 Å². The van der Waals surface area contributed by atoms with E-state index < -0.39 is 40.1 Å². The fourth-order valence-corrected chi connectivity index (χ4v) is 5.33. The smallest absolute Gasteiger partial charge is 0.348 e. The second-order valence-corrected chi connectivity index (χ2v) is 11.9. The van der Waals surface area contributed by atoms with E-state index in [0.717, 1.165) is 49.2 Å². The number of carbonyl (C=O) groups is 4. The summed E-state index contributed by atoms with van der Waals surface area (Å²) in [5, 5.41) is 53.3. The summed E-state index contributed by atoms with van der Waals surface area (Å²) in [6, 6.07) is 18.7. The van der Waals surface area contributed by atoms with Gasteiger partial charge in [-0.1, -0.05) is 79.6 Å². The Morgan fingerprint density at radius 2 is 1.20 bits per heavy atom. The first-order valence-corrected chi connectivity index (χ1v) is 15.4. The minimum Gasteiger partial charge on any atom is -0.493 e. The molecule has 3 aromatic carbocycles. The van der Waals surface area contributed by atoms with E-state index in [0.29, 0.717) is 22.6 Å².